The van der Waals surface area contributed by atoms with Crippen LogP contribution in [0.4, 0.5) is 5.69 Å². The zero-order valence-corrected chi connectivity index (χ0v) is 14.0. The van der Waals surface area contributed by atoms with E-state index in [1.54, 1.807) is 55.6 Å². The Bertz CT molecular complexity index is 934. The molecular formula is C19H16N4O3. The molecule has 0 fully saturated rings. The van der Waals surface area contributed by atoms with Crippen molar-refractivity contribution in [2.45, 2.75) is 6.92 Å². The summed E-state index contributed by atoms with van der Waals surface area (Å²) in [5.74, 6) is -0.462. The maximum atomic E-state index is 12.0. The van der Waals surface area contributed by atoms with Crippen molar-refractivity contribution in [3.8, 4) is 0 Å². The summed E-state index contributed by atoms with van der Waals surface area (Å²) < 4.78 is 5.06. The van der Waals surface area contributed by atoms with Crippen LogP contribution in [0.2, 0.25) is 0 Å². The molecule has 0 spiro atoms. The summed E-state index contributed by atoms with van der Waals surface area (Å²) in [6.07, 6.45) is 4.49. The van der Waals surface area contributed by atoms with E-state index in [1.165, 1.54) is 12.5 Å². The molecule has 2 aromatic heterocycles. The van der Waals surface area contributed by atoms with Gasteiger partial charge in [-0.15, -0.1) is 0 Å². The number of nitrogens with one attached hydrogen (secondary N) is 2. The van der Waals surface area contributed by atoms with Crippen molar-refractivity contribution in [2.75, 3.05) is 5.32 Å². The first-order valence-electron chi connectivity index (χ1n) is 7.83. The minimum Gasteiger partial charge on any atom is -0.459 e. The van der Waals surface area contributed by atoms with Crippen LogP contribution in [0.1, 0.15) is 33.4 Å². The van der Waals surface area contributed by atoms with Crippen molar-refractivity contribution in [1.29, 1.82) is 0 Å². The number of benzene rings is 1. The van der Waals surface area contributed by atoms with Crippen LogP contribution in [0.3, 0.4) is 0 Å². The lowest BCUT2D eigenvalue weighted by molar-refractivity contribution is 0.0953. The molecule has 0 atom stereocenters. The number of hydrogen-bond acceptors (Lipinski definition) is 5. The summed E-state index contributed by atoms with van der Waals surface area (Å²) in [5, 5.41) is 6.85. The van der Waals surface area contributed by atoms with Crippen LogP contribution in [-0.2, 0) is 0 Å². The van der Waals surface area contributed by atoms with Crippen molar-refractivity contribution in [2.24, 2.45) is 5.10 Å². The maximum absolute atomic E-state index is 12.0. The zero-order valence-electron chi connectivity index (χ0n) is 14.0. The molecule has 0 aliphatic carbocycles. The molecule has 130 valence electrons. The third kappa shape index (κ3) is 4.21. The third-order valence-corrected chi connectivity index (χ3v) is 3.53. The Morgan fingerprint density at radius 1 is 1.04 bits per heavy atom. The Kier molecular flexibility index (Phi) is 5.19. The minimum absolute atomic E-state index is 0.226. The predicted molar refractivity (Wildman–Crippen MR) is 97.0 cm³/mol. The van der Waals surface area contributed by atoms with Gasteiger partial charge in [0.1, 0.15) is 0 Å². The summed E-state index contributed by atoms with van der Waals surface area (Å²) in [4.78, 5) is 27.9. The molecule has 0 bridgehead atoms. The fraction of sp³-hybridized carbons (Fsp3) is 0.0526. The van der Waals surface area contributed by atoms with Gasteiger partial charge in [-0.3, -0.25) is 14.6 Å². The number of amides is 2. The normalized spacial score (nSPS) is 11.0. The third-order valence-electron chi connectivity index (χ3n) is 3.53. The van der Waals surface area contributed by atoms with E-state index in [0.717, 1.165) is 5.56 Å². The molecule has 2 N–H and O–H groups in total. The van der Waals surface area contributed by atoms with Crippen LogP contribution >= 0.6 is 0 Å². The van der Waals surface area contributed by atoms with Gasteiger partial charge in [0.15, 0.2) is 5.76 Å². The number of hydrazone groups is 1. The molecule has 7 nitrogen and oxygen atoms in total. The summed E-state index contributed by atoms with van der Waals surface area (Å²) in [6.45, 7) is 1.76. The Hall–Kier alpha value is -3.74. The summed E-state index contributed by atoms with van der Waals surface area (Å²) >= 11 is 0. The lowest BCUT2D eigenvalue weighted by Gasteiger charge is -2.07. The van der Waals surface area contributed by atoms with Crippen molar-refractivity contribution < 1.29 is 14.0 Å². The average molecular weight is 348 g/mol. The second kappa shape index (κ2) is 7.89. The molecule has 0 unspecified atom stereocenters. The van der Waals surface area contributed by atoms with Gasteiger partial charge in [0.2, 0.25) is 0 Å². The number of carbonyl (C=O) groups excluding carboxylic acids is 2. The van der Waals surface area contributed by atoms with Crippen LogP contribution in [0.15, 0.2) is 76.7 Å². The van der Waals surface area contributed by atoms with Crippen LogP contribution in [0.5, 0.6) is 0 Å². The fourth-order valence-corrected chi connectivity index (χ4v) is 2.18. The fourth-order valence-electron chi connectivity index (χ4n) is 2.18. The highest BCUT2D eigenvalue weighted by Gasteiger charge is 2.09. The summed E-state index contributed by atoms with van der Waals surface area (Å²) in [6, 6.07) is 13.7. The van der Waals surface area contributed by atoms with Crippen LogP contribution in [0.25, 0.3) is 0 Å². The molecule has 2 heterocycles. The minimum atomic E-state index is -0.347. The molecule has 0 aliphatic heterocycles. The molecule has 0 radical (unpaired) electrons. The van der Waals surface area contributed by atoms with Gasteiger partial charge in [-0.2, -0.15) is 5.10 Å². The number of nitrogens with zero attached hydrogens (tertiary/aromatic N) is 2. The van der Waals surface area contributed by atoms with Gasteiger partial charge in [-0.05, 0) is 48.9 Å². The lowest BCUT2D eigenvalue weighted by Crippen LogP contribution is -2.19. The summed E-state index contributed by atoms with van der Waals surface area (Å²) in [7, 11) is 0. The number of rotatable bonds is 5. The smallest absolute Gasteiger partial charge is 0.291 e. The highest BCUT2D eigenvalue weighted by Crippen LogP contribution is 2.13. The molecule has 7 heteroatoms. The number of aromatic nitrogens is 1. The topological polar surface area (TPSA) is 96.6 Å². The molecule has 26 heavy (non-hydrogen) atoms. The molecular weight excluding hydrogens is 332 g/mol. The van der Waals surface area contributed by atoms with Gasteiger partial charge in [0.05, 0.1) is 17.5 Å². The Morgan fingerprint density at radius 3 is 2.62 bits per heavy atom. The van der Waals surface area contributed by atoms with E-state index in [4.69, 9.17) is 4.42 Å². The van der Waals surface area contributed by atoms with E-state index in [1.807, 2.05) is 6.07 Å². The molecule has 2 amide bonds. The highest BCUT2D eigenvalue weighted by molar-refractivity contribution is 6.04. The SMILES string of the molecule is C/C(=N/NC(=O)c1cccnc1)c1cccc(NC(=O)c2ccco2)c1. The number of anilines is 1. The number of hydrogen-bond donors (Lipinski definition) is 2. The van der Waals surface area contributed by atoms with Gasteiger partial charge in [-0.1, -0.05) is 12.1 Å². The van der Waals surface area contributed by atoms with E-state index >= 15 is 0 Å². The van der Waals surface area contributed by atoms with Crippen molar-refractivity contribution in [1.82, 2.24) is 10.4 Å². The quantitative estimate of drug-likeness (QED) is 0.547. The van der Waals surface area contributed by atoms with E-state index < -0.39 is 0 Å². The van der Waals surface area contributed by atoms with E-state index in [2.05, 4.69) is 20.8 Å². The van der Waals surface area contributed by atoms with Crippen molar-refractivity contribution in [3.05, 3.63) is 84.1 Å². The Balaban J connectivity index is 1.68. The first kappa shape index (κ1) is 17.1. The van der Waals surface area contributed by atoms with E-state index in [-0.39, 0.29) is 17.6 Å². The van der Waals surface area contributed by atoms with Crippen LogP contribution < -0.4 is 10.7 Å². The molecule has 0 saturated heterocycles. The van der Waals surface area contributed by atoms with Gasteiger partial charge in [-0.25, -0.2) is 5.43 Å². The Morgan fingerprint density at radius 2 is 1.88 bits per heavy atom. The highest BCUT2D eigenvalue weighted by atomic mass is 16.3. The standard InChI is InChI=1S/C19H16N4O3/c1-13(22-23-18(24)15-6-3-9-20-12-15)14-5-2-7-16(11-14)21-19(25)17-8-4-10-26-17/h2-12H,1H3,(H,21,25)(H,23,24)/b22-13-. The second-order valence-electron chi connectivity index (χ2n) is 5.39. The molecule has 0 saturated carbocycles. The van der Waals surface area contributed by atoms with E-state index in [9.17, 15) is 9.59 Å². The molecule has 0 aliphatic rings. The number of pyridine rings is 1. The van der Waals surface area contributed by atoms with Gasteiger partial charge < -0.3 is 9.73 Å². The van der Waals surface area contributed by atoms with Crippen LogP contribution in [-0.4, -0.2) is 22.5 Å². The van der Waals surface area contributed by atoms with Gasteiger partial charge >= 0.3 is 0 Å². The number of carbonyl (C=O) groups is 2. The molecule has 3 aromatic rings. The zero-order chi connectivity index (χ0) is 18.4. The number of furan rings is 1. The maximum Gasteiger partial charge on any atom is 0.291 e. The molecule has 1 aromatic carbocycles. The van der Waals surface area contributed by atoms with Crippen molar-refractivity contribution in [3.63, 3.8) is 0 Å². The van der Waals surface area contributed by atoms with Gasteiger partial charge in [0.25, 0.3) is 11.8 Å². The first-order chi connectivity index (χ1) is 12.6. The average Bonchev–Trinajstić information content (AvgIpc) is 3.22. The monoisotopic (exact) mass is 348 g/mol. The summed E-state index contributed by atoms with van der Waals surface area (Å²) in [5.41, 5.74) is 4.85. The Labute approximate surface area is 149 Å². The first-order valence-corrected chi connectivity index (χ1v) is 7.83. The molecule has 3 rings (SSSR count). The lowest BCUT2D eigenvalue weighted by atomic mass is 10.1. The largest absolute Gasteiger partial charge is 0.459 e. The second-order valence-corrected chi connectivity index (χ2v) is 5.39. The van der Waals surface area contributed by atoms with Gasteiger partial charge in [0, 0.05) is 18.1 Å². The predicted octanol–water partition coefficient (Wildman–Crippen LogP) is 3.08. The van der Waals surface area contributed by atoms with E-state index in [0.29, 0.717) is 17.0 Å². The van der Waals surface area contributed by atoms with Crippen LogP contribution in [0, 0.1) is 0 Å². The van der Waals surface area contributed by atoms with Crippen molar-refractivity contribution >= 4 is 23.2 Å².